The lowest BCUT2D eigenvalue weighted by molar-refractivity contribution is 0.133. The summed E-state index contributed by atoms with van der Waals surface area (Å²) in [6.45, 7) is 7.98. The Balaban J connectivity index is 1.90. The maximum atomic E-state index is 4.22. The molecule has 96 valence electrons. The molecule has 1 aliphatic heterocycles. The molecule has 1 fully saturated rings. The first kappa shape index (κ1) is 12.6. The summed E-state index contributed by atoms with van der Waals surface area (Å²) in [6, 6.07) is 3.43. The standard InChI is InChI=1S/C13H24N4/c1-4-12-9-14-11(2)10-17(12)8-6-13-5-7-15-16(13)3/h5,7,11-12,14H,4,6,8-10H2,1-3H3. The molecule has 2 rings (SSSR count). The molecule has 1 N–H and O–H groups in total. The molecule has 0 bridgehead atoms. The van der Waals surface area contributed by atoms with Crippen LogP contribution in [0.3, 0.4) is 0 Å². The number of piperazine rings is 1. The van der Waals surface area contributed by atoms with E-state index in [1.54, 1.807) is 0 Å². The molecule has 0 radical (unpaired) electrons. The minimum absolute atomic E-state index is 0.615. The molecule has 2 unspecified atom stereocenters. The van der Waals surface area contributed by atoms with Gasteiger partial charge < -0.3 is 5.32 Å². The molecular weight excluding hydrogens is 212 g/mol. The highest BCUT2D eigenvalue weighted by atomic mass is 15.3. The van der Waals surface area contributed by atoms with Crippen molar-refractivity contribution in [2.24, 2.45) is 7.05 Å². The van der Waals surface area contributed by atoms with Crippen molar-refractivity contribution in [2.75, 3.05) is 19.6 Å². The second-order valence-corrected chi connectivity index (χ2v) is 5.06. The summed E-state index contributed by atoms with van der Waals surface area (Å²) in [7, 11) is 2.02. The van der Waals surface area contributed by atoms with Gasteiger partial charge in [-0.25, -0.2) is 0 Å². The van der Waals surface area contributed by atoms with Gasteiger partial charge in [0, 0.05) is 57.1 Å². The molecule has 1 aliphatic rings. The van der Waals surface area contributed by atoms with Gasteiger partial charge in [0.15, 0.2) is 0 Å². The van der Waals surface area contributed by atoms with Gasteiger partial charge in [0.25, 0.3) is 0 Å². The largest absolute Gasteiger partial charge is 0.311 e. The molecule has 17 heavy (non-hydrogen) atoms. The van der Waals surface area contributed by atoms with E-state index in [2.05, 4.69) is 35.2 Å². The van der Waals surface area contributed by atoms with E-state index in [1.807, 2.05) is 17.9 Å². The van der Waals surface area contributed by atoms with Crippen LogP contribution in [0.15, 0.2) is 12.3 Å². The van der Waals surface area contributed by atoms with Gasteiger partial charge in [-0.1, -0.05) is 6.92 Å². The molecule has 2 atom stereocenters. The molecule has 4 heteroatoms. The second-order valence-electron chi connectivity index (χ2n) is 5.06. The second kappa shape index (κ2) is 5.65. The van der Waals surface area contributed by atoms with Gasteiger partial charge in [-0.05, 0) is 19.4 Å². The highest BCUT2D eigenvalue weighted by Crippen LogP contribution is 2.11. The Morgan fingerprint density at radius 2 is 2.35 bits per heavy atom. The topological polar surface area (TPSA) is 33.1 Å². The van der Waals surface area contributed by atoms with Crippen LogP contribution in [-0.4, -0.2) is 46.4 Å². The lowest BCUT2D eigenvalue weighted by Gasteiger charge is -2.39. The Hall–Kier alpha value is -0.870. The molecule has 1 aromatic rings. The zero-order valence-electron chi connectivity index (χ0n) is 11.2. The fraction of sp³-hybridized carbons (Fsp3) is 0.769. The number of aromatic nitrogens is 2. The van der Waals surface area contributed by atoms with E-state index < -0.39 is 0 Å². The third kappa shape index (κ3) is 3.07. The molecule has 0 spiro atoms. The summed E-state index contributed by atoms with van der Waals surface area (Å²) in [5.74, 6) is 0. The number of hydrogen-bond acceptors (Lipinski definition) is 3. The van der Waals surface area contributed by atoms with Crippen molar-refractivity contribution in [3.8, 4) is 0 Å². The van der Waals surface area contributed by atoms with Gasteiger partial charge in [0.1, 0.15) is 0 Å². The third-order valence-corrected chi connectivity index (χ3v) is 3.78. The first-order valence-corrected chi connectivity index (χ1v) is 6.65. The van der Waals surface area contributed by atoms with Gasteiger partial charge >= 0.3 is 0 Å². The zero-order chi connectivity index (χ0) is 12.3. The fourth-order valence-electron chi connectivity index (χ4n) is 2.61. The Kier molecular flexibility index (Phi) is 4.18. The van der Waals surface area contributed by atoms with Gasteiger partial charge in [0.2, 0.25) is 0 Å². The van der Waals surface area contributed by atoms with Crippen LogP contribution in [0.2, 0.25) is 0 Å². The molecule has 1 saturated heterocycles. The summed E-state index contributed by atoms with van der Waals surface area (Å²) in [5, 5.41) is 7.78. The molecule has 0 aromatic carbocycles. The Labute approximate surface area is 104 Å². The monoisotopic (exact) mass is 236 g/mol. The first-order chi connectivity index (χ1) is 8.20. The van der Waals surface area contributed by atoms with Crippen LogP contribution < -0.4 is 5.32 Å². The van der Waals surface area contributed by atoms with Gasteiger partial charge in [0.05, 0.1) is 0 Å². The van der Waals surface area contributed by atoms with E-state index in [0.717, 1.165) is 26.1 Å². The molecule has 1 aromatic heterocycles. The number of hydrogen-bond donors (Lipinski definition) is 1. The van der Waals surface area contributed by atoms with Crippen molar-refractivity contribution in [1.29, 1.82) is 0 Å². The molecule has 4 nitrogen and oxygen atoms in total. The third-order valence-electron chi connectivity index (χ3n) is 3.78. The summed E-state index contributed by atoms with van der Waals surface area (Å²) in [5.41, 5.74) is 1.33. The predicted molar refractivity (Wildman–Crippen MR) is 70.0 cm³/mol. The highest BCUT2D eigenvalue weighted by molar-refractivity contribution is 5.01. The van der Waals surface area contributed by atoms with Crippen LogP contribution in [-0.2, 0) is 13.5 Å². The molecular formula is C13H24N4. The van der Waals surface area contributed by atoms with Crippen molar-refractivity contribution >= 4 is 0 Å². The summed E-state index contributed by atoms with van der Waals surface area (Å²) >= 11 is 0. The van der Waals surface area contributed by atoms with Crippen LogP contribution in [0.4, 0.5) is 0 Å². The normalized spacial score (nSPS) is 26.3. The number of aryl methyl sites for hydroxylation is 1. The minimum Gasteiger partial charge on any atom is -0.311 e. The van der Waals surface area contributed by atoms with Crippen molar-refractivity contribution in [1.82, 2.24) is 20.0 Å². The van der Waals surface area contributed by atoms with Crippen molar-refractivity contribution < 1.29 is 0 Å². The van der Waals surface area contributed by atoms with E-state index in [1.165, 1.54) is 12.1 Å². The number of rotatable bonds is 4. The van der Waals surface area contributed by atoms with Crippen LogP contribution >= 0.6 is 0 Å². The first-order valence-electron chi connectivity index (χ1n) is 6.65. The SMILES string of the molecule is CCC1CNC(C)CN1CCc1ccnn1C. The smallest absolute Gasteiger partial charge is 0.0492 e. The quantitative estimate of drug-likeness (QED) is 0.848. The van der Waals surface area contributed by atoms with E-state index in [0.29, 0.717) is 12.1 Å². The lowest BCUT2D eigenvalue weighted by atomic mass is 10.1. The maximum absolute atomic E-state index is 4.22. The zero-order valence-corrected chi connectivity index (χ0v) is 11.2. The van der Waals surface area contributed by atoms with Crippen LogP contribution in [0.1, 0.15) is 26.0 Å². The lowest BCUT2D eigenvalue weighted by Crippen LogP contribution is -2.55. The number of nitrogens with one attached hydrogen (secondary N) is 1. The average Bonchev–Trinajstić information content (AvgIpc) is 2.72. The fourth-order valence-corrected chi connectivity index (χ4v) is 2.61. The molecule has 0 amide bonds. The Morgan fingerprint density at radius 1 is 1.53 bits per heavy atom. The van der Waals surface area contributed by atoms with Crippen LogP contribution in [0.5, 0.6) is 0 Å². The van der Waals surface area contributed by atoms with Gasteiger partial charge in [-0.15, -0.1) is 0 Å². The minimum atomic E-state index is 0.615. The van der Waals surface area contributed by atoms with Crippen molar-refractivity contribution in [3.63, 3.8) is 0 Å². The van der Waals surface area contributed by atoms with Crippen LogP contribution in [0, 0.1) is 0 Å². The molecule has 0 saturated carbocycles. The predicted octanol–water partition coefficient (Wildman–Crippen LogP) is 1.03. The van der Waals surface area contributed by atoms with Crippen molar-refractivity contribution in [2.45, 2.75) is 38.8 Å². The van der Waals surface area contributed by atoms with Crippen molar-refractivity contribution in [3.05, 3.63) is 18.0 Å². The van der Waals surface area contributed by atoms with E-state index >= 15 is 0 Å². The summed E-state index contributed by atoms with van der Waals surface area (Å²) in [6.07, 6.45) is 4.21. The average molecular weight is 236 g/mol. The van der Waals surface area contributed by atoms with E-state index in [-0.39, 0.29) is 0 Å². The Bertz CT molecular complexity index is 347. The summed E-state index contributed by atoms with van der Waals surface area (Å²) in [4.78, 5) is 2.62. The molecule has 2 heterocycles. The molecule has 0 aliphatic carbocycles. The highest BCUT2D eigenvalue weighted by Gasteiger charge is 2.23. The van der Waals surface area contributed by atoms with Gasteiger partial charge in [-0.3, -0.25) is 9.58 Å². The van der Waals surface area contributed by atoms with Crippen LogP contribution in [0.25, 0.3) is 0 Å². The Morgan fingerprint density at radius 3 is 3.00 bits per heavy atom. The van der Waals surface area contributed by atoms with E-state index in [9.17, 15) is 0 Å². The van der Waals surface area contributed by atoms with Gasteiger partial charge in [-0.2, -0.15) is 5.10 Å². The summed E-state index contributed by atoms with van der Waals surface area (Å²) < 4.78 is 1.98. The maximum Gasteiger partial charge on any atom is 0.0492 e. The van der Waals surface area contributed by atoms with E-state index in [4.69, 9.17) is 0 Å². The number of nitrogens with zero attached hydrogens (tertiary/aromatic N) is 3.